The van der Waals surface area contributed by atoms with E-state index < -0.39 is 55.6 Å². The molecular weight excluding hydrogens is 471 g/mol. The number of nitrogens with one attached hydrogen (secondary N) is 3. The van der Waals surface area contributed by atoms with Gasteiger partial charge in [-0.3, -0.25) is 14.4 Å². The number of carbonyl (C=O) groups is 4. The summed E-state index contributed by atoms with van der Waals surface area (Å²) in [4.78, 5) is 46.5. The molecule has 1 atom stereocenters. The second-order valence-corrected chi connectivity index (χ2v) is 7.73. The van der Waals surface area contributed by atoms with Gasteiger partial charge in [0.15, 0.2) is 0 Å². The number of hydrogen-bond acceptors (Lipinski definition) is 5. The number of halogens is 3. The van der Waals surface area contributed by atoms with Gasteiger partial charge in [-0.25, -0.2) is 4.79 Å². The van der Waals surface area contributed by atoms with Crippen molar-refractivity contribution in [3.63, 3.8) is 0 Å². The van der Waals surface area contributed by atoms with Gasteiger partial charge in [-0.05, 0) is 22.3 Å². The van der Waals surface area contributed by atoms with E-state index in [1.807, 2.05) is 64.5 Å². The molecule has 35 heavy (non-hydrogen) atoms. The molecule has 3 rings (SSSR count). The Labute approximate surface area is 197 Å². The van der Waals surface area contributed by atoms with E-state index in [2.05, 4.69) is 0 Å². The maximum absolute atomic E-state index is 13.0. The van der Waals surface area contributed by atoms with Crippen LogP contribution in [-0.4, -0.2) is 60.9 Å². The quantitative estimate of drug-likeness (QED) is 0.423. The summed E-state index contributed by atoms with van der Waals surface area (Å²) >= 11 is 0. The van der Waals surface area contributed by atoms with Gasteiger partial charge in [-0.15, -0.1) is 0 Å². The van der Waals surface area contributed by atoms with Crippen molar-refractivity contribution in [2.24, 2.45) is 0 Å². The number of amides is 3. The molecule has 2 aromatic carbocycles. The lowest BCUT2D eigenvalue weighted by atomic mass is 9.98. The number of hydrogen-bond donors (Lipinski definition) is 4. The molecule has 0 fully saturated rings. The number of alkyl carbamates (subject to hydrolysis) is 1. The highest BCUT2D eigenvalue weighted by molar-refractivity contribution is 5.90. The van der Waals surface area contributed by atoms with Crippen LogP contribution in [0.15, 0.2) is 48.5 Å². The minimum absolute atomic E-state index is 0.169. The molecule has 3 amide bonds. The Morgan fingerprint density at radius 2 is 1.49 bits per heavy atom. The summed E-state index contributed by atoms with van der Waals surface area (Å²) in [6.45, 7) is -1.66. The second-order valence-electron chi connectivity index (χ2n) is 7.73. The van der Waals surface area contributed by atoms with Crippen molar-refractivity contribution in [1.29, 1.82) is 0 Å². The first-order chi connectivity index (χ1) is 16.5. The van der Waals surface area contributed by atoms with Crippen LogP contribution in [-0.2, 0) is 19.1 Å². The molecule has 0 heterocycles. The van der Waals surface area contributed by atoms with Gasteiger partial charge in [0.1, 0.15) is 19.2 Å². The Morgan fingerprint density at radius 1 is 0.914 bits per heavy atom. The van der Waals surface area contributed by atoms with E-state index in [9.17, 15) is 32.3 Å². The number of alkyl halides is 3. The van der Waals surface area contributed by atoms with Crippen LogP contribution in [0.25, 0.3) is 11.1 Å². The Kier molecular flexibility index (Phi) is 7.94. The minimum Gasteiger partial charge on any atom is -0.480 e. The Hall–Kier alpha value is -4.09. The van der Waals surface area contributed by atoms with Gasteiger partial charge in [0.2, 0.25) is 11.8 Å². The summed E-state index contributed by atoms with van der Waals surface area (Å²) in [7, 11) is 0. The van der Waals surface area contributed by atoms with Crippen molar-refractivity contribution in [1.82, 2.24) is 16.0 Å². The van der Waals surface area contributed by atoms with E-state index in [1.54, 1.807) is 0 Å². The minimum atomic E-state index is -4.80. The summed E-state index contributed by atoms with van der Waals surface area (Å²) in [6, 6.07) is 12.9. The monoisotopic (exact) mass is 493 g/mol. The summed E-state index contributed by atoms with van der Waals surface area (Å²) in [5.41, 5.74) is 3.73. The lowest BCUT2D eigenvalue weighted by molar-refractivity contribution is -0.149. The third-order valence-corrected chi connectivity index (χ3v) is 5.25. The zero-order valence-electron chi connectivity index (χ0n) is 18.2. The van der Waals surface area contributed by atoms with E-state index in [-0.39, 0.29) is 12.5 Å². The van der Waals surface area contributed by atoms with Crippen LogP contribution in [0.4, 0.5) is 18.0 Å². The van der Waals surface area contributed by atoms with Crippen LogP contribution >= 0.6 is 0 Å². The Morgan fingerprint density at radius 3 is 2.03 bits per heavy atom. The molecule has 0 aliphatic heterocycles. The highest BCUT2D eigenvalue weighted by Gasteiger charge is 2.37. The van der Waals surface area contributed by atoms with Gasteiger partial charge >= 0.3 is 18.2 Å². The van der Waals surface area contributed by atoms with Gasteiger partial charge in [0, 0.05) is 5.92 Å². The summed E-state index contributed by atoms with van der Waals surface area (Å²) in [5, 5.41) is 14.3. The number of fused-ring (bicyclic) bond motifs is 3. The van der Waals surface area contributed by atoms with E-state index in [0.717, 1.165) is 22.3 Å². The molecular formula is C23H22F3N3O6. The van der Waals surface area contributed by atoms with Crippen molar-refractivity contribution in [2.75, 3.05) is 19.7 Å². The highest BCUT2D eigenvalue weighted by Crippen LogP contribution is 2.44. The summed E-state index contributed by atoms with van der Waals surface area (Å²) in [6.07, 6.45) is -7.73. The maximum Gasteiger partial charge on any atom is 0.407 e. The highest BCUT2D eigenvalue weighted by atomic mass is 19.4. The number of aliphatic carboxylic acids is 1. The molecule has 1 aliphatic rings. The van der Waals surface area contributed by atoms with Crippen LogP contribution in [0.2, 0.25) is 0 Å². The van der Waals surface area contributed by atoms with Crippen molar-refractivity contribution in [3.8, 4) is 11.1 Å². The molecule has 186 valence electrons. The van der Waals surface area contributed by atoms with Crippen LogP contribution in [0.3, 0.4) is 0 Å². The van der Waals surface area contributed by atoms with Crippen molar-refractivity contribution in [3.05, 3.63) is 59.7 Å². The average Bonchev–Trinajstić information content (AvgIpc) is 3.12. The van der Waals surface area contributed by atoms with Crippen molar-refractivity contribution in [2.45, 2.75) is 24.6 Å². The molecule has 0 radical (unpaired) electrons. The standard InChI is InChI=1S/C23H22F3N3O6/c24-23(25,26)9-18(21(33)28-10-19(30)27-11-20(31)32)29-22(34)35-12-17-15-7-3-1-5-13(15)14-6-2-4-8-16(14)17/h1-8,17-18H,9-12H2,(H,27,30)(H,28,33)(H,29,34)(H,31,32). The number of carbonyl (C=O) groups excluding carboxylic acids is 3. The molecule has 0 saturated carbocycles. The number of rotatable bonds is 9. The SMILES string of the molecule is O=C(O)CNC(=O)CNC(=O)C(CC(F)(F)F)NC(=O)OCC1c2ccccc2-c2ccccc21. The summed E-state index contributed by atoms with van der Waals surface area (Å²) in [5.74, 6) is -3.87. The number of carboxylic acids is 1. The van der Waals surface area contributed by atoms with Gasteiger partial charge < -0.3 is 25.8 Å². The molecule has 9 nitrogen and oxygen atoms in total. The van der Waals surface area contributed by atoms with Gasteiger partial charge in [0.05, 0.1) is 13.0 Å². The van der Waals surface area contributed by atoms with Crippen LogP contribution in [0.5, 0.6) is 0 Å². The first-order valence-corrected chi connectivity index (χ1v) is 10.5. The Bertz CT molecular complexity index is 1080. The number of carboxylic acid groups (broad SMARTS) is 1. The Balaban J connectivity index is 1.61. The maximum atomic E-state index is 13.0. The van der Waals surface area contributed by atoms with Crippen molar-refractivity contribution < 1.29 is 42.2 Å². The third-order valence-electron chi connectivity index (χ3n) is 5.25. The molecule has 0 spiro atoms. The second kappa shape index (κ2) is 10.9. The van der Waals surface area contributed by atoms with E-state index in [0.29, 0.717) is 0 Å². The van der Waals surface area contributed by atoms with Crippen LogP contribution in [0, 0.1) is 0 Å². The van der Waals surface area contributed by atoms with E-state index in [4.69, 9.17) is 9.84 Å². The van der Waals surface area contributed by atoms with E-state index >= 15 is 0 Å². The first kappa shape index (κ1) is 25.5. The topological polar surface area (TPSA) is 134 Å². The number of benzene rings is 2. The van der Waals surface area contributed by atoms with Crippen LogP contribution < -0.4 is 16.0 Å². The smallest absolute Gasteiger partial charge is 0.407 e. The first-order valence-electron chi connectivity index (χ1n) is 10.5. The van der Waals surface area contributed by atoms with Gasteiger partial charge in [-0.2, -0.15) is 13.2 Å². The summed E-state index contributed by atoms with van der Waals surface area (Å²) < 4.78 is 44.1. The van der Waals surface area contributed by atoms with Crippen LogP contribution in [0.1, 0.15) is 23.5 Å². The average molecular weight is 493 g/mol. The molecule has 1 aliphatic carbocycles. The molecule has 0 aromatic heterocycles. The predicted molar refractivity (Wildman–Crippen MR) is 116 cm³/mol. The fourth-order valence-electron chi connectivity index (χ4n) is 3.75. The third kappa shape index (κ3) is 6.95. The van der Waals surface area contributed by atoms with E-state index in [1.165, 1.54) is 0 Å². The van der Waals surface area contributed by atoms with Gasteiger partial charge in [-0.1, -0.05) is 48.5 Å². The van der Waals surface area contributed by atoms with Gasteiger partial charge in [0.25, 0.3) is 0 Å². The lowest BCUT2D eigenvalue weighted by Gasteiger charge is -2.20. The fraction of sp³-hybridized carbons (Fsp3) is 0.304. The zero-order chi connectivity index (χ0) is 25.6. The molecule has 0 saturated heterocycles. The lowest BCUT2D eigenvalue weighted by Crippen LogP contribution is -2.51. The fourth-order valence-corrected chi connectivity index (χ4v) is 3.75. The molecule has 2 aromatic rings. The predicted octanol–water partition coefficient (Wildman–Crippen LogP) is 2.16. The number of ether oxygens (including phenoxy) is 1. The molecule has 1 unspecified atom stereocenters. The normalized spacial score (nSPS) is 13.2. The molecule has 12 heteroatoms. The van der Waals surface area contributed by atoms with Crippen molar-refractivity contribution >= 4 is 23.9 Å². The largest absolute Gasteiger partial charge is 0.480 e. The molecule has 0 bridgehead atoms. The zero-order valence-corrected chi connectivity index (χ0v) is 18.2. The molecule has 4 N–H and O–H groups in total.